The van der Waals surface area contributed by atoms with Crippen LogP contribution in [0.2, 0.25) is 0 Å². The molecule has 0 radical (unpaired) electrons. The zero-order chi connectivity index (χ0) is 18.4. The number of anilines is 1. The van der Waals surface area contributed by atoms with Gasteiger partial charge >= 0.3 is 0 Å². The van der Waals surface area contributed by atoms with Crippen LogP contribution in [0.15, 0.2) is 60.7 Å². The zero-order valence-corrected chi connectivity index (χ0v) is 15.7. The summed E-state index contributed by atoms with van der Waals surface area (Å²) in [4.78, 5) is 7.55. The number of hydrogen-bond acceptors (Lipinski definition) is 6. The zero-order valence-electron chi connectivity index (χ0n) is 14.9. The lowest BCUT2D eigenvalue weighted by molar-refractivity contribution is 0.963. The summed E-state index contributed by atoms with van der Waals surface area (Å²) in [6.07, 6.45) is 0. The molecule has 0 amide bonds. The Morgan fingerprint density at radius 1 is 0.889 bits per heavy atom. The lowest BCUT2D eigenvalue weighted by Gasteiger charge is -2.11. The molecule has 0 aliphatic rings. The highest BCUT2D eigenvalue weighted by atomic mass is 32.1. The van der Waals surface area contributed by atoms with Crippen molar-refractivity contribution in [3.8, 4) is 22.1 Å². The van der Waals surface area contributed by atoms with Crippen molar-refractivity contribution in [1.29, 1.82) is 0 Å². The molecule has 3 heterocycles. The van der Waals surface area contributed by atoms with Crippen molar-refractivity contribution in [3.05, 3.63) is 60.7 Å². The molecule has 0 atom stereocenters. The molecule has 5 aromatic rings. The van der Waals surface area contributed by atoms with E-state index in [1.165, 1.54) is 11.3 Å². The summed E-state index contributed by atoms with van der Waals surface area (Å²) >= 11 is 1.52. The van der Waals surface area contributed by atoms with Crippen molar-refractivity contribution >= 4 is 32.9 Å². The third-order valence-electron chi connectivity index (χ3n) is 4.45. The summed E-state index contributed by atoms with van der Waals surface area (Å²) in [7, 11) is 4.06. The molecule has 0 aliphatic carbocycles. The van der Waals surface area contributed by atoms with Crippen molar-refractivity contribution in [2.24, 2.45) is 0 Å². The average molecular weight is 372 g/mol. The molecule has 0 bridgehead atoms. The van der Waals surface area contributed by atoms with Gasteiger partial charge in [-0.15, -0.1) is 10.2 Å². The number of pyridine rings is 1. The van der Waals surface area contributed by atoms with E-state index in [9.17, 15) is 0 Å². The second kappa shape index (κ2) is 6.14. The van der Waals surface area contributed by atoms with Gasteiger partial charge in [0.25, 0.3) is 0 Å². The Kier molecular flexibility index (Phi) is 3.61. The van der Waals surface area contributed by atoms with Gasteiger partial charge in [0.05, 0.1) is 5.52 Å². The predicted molar refractivity (Wildman–Crippen MR) is 109 cm³/mol. The van der Waals surface area contributed by atoms with Gasteiger partial charge in [0.15, 0.2) is 0 Å². The largest absolute Gasteiger partial charge is 0.378 e. The van der Waals surface area contributed by atoms with E-state index in [1.54, 1.807) is 4.52 Å². The maximum atomic E-state index is 4.73. The van der Waals surface area contributed by atoms with Crippen LogP contribution in [0.25, 0.3) is 38.0 Å². The second-order valence-electron chi connectivity index (χ2n) is 6.46. The summed E-state index contributed by atoms with van der Waals surface area (Å²) in [6.45, 7) is 0. The fourth-order valence-corrected chi connectivity index (χ4v) is 3.83. The lowest BCUT2D eigenvalue weighted by atomic mass is 10.2. The fraction of sp³-hybridized carbons (Fsp3) is 0.100. The quantitative estimate of drug-likeness (QED) is 0.476. The molecular weight excluding hydrogens is 356 g/mol. The topological polar surface area (TPSA) is 59.2 Å². The Labute approximate surface area is 159 Å². The van der Waals surface area contributed by atoms with E-state index in [1.807, 2.05) is 50.5 Å². The first-order chi connectivity index (χ1) is 13.2. The SMILES string of the molecule is CN(C)c1ccc(-c2nn3c(-c4ccc5ccccc5n4)nnc3s2)cc1. The highest BCUT2D eigenvalue weighted by Gasteiger charge is 2.15. The van der Waals surface area contributed by atoms with Gasteiger partial charge in [-0.3, -0.25) is 0 Å². The van der Waals surface area contributed by atoms with Crippen LogP contribution >= 0.6 is 11.3 Å². The summed E-state index contributed by atoms with van der Waals surface area (Å²) in [5, 5.41) is 15.3. The number of nitrogens with zero attached hydrogens (tertiary/aromatic N) is 6. The van der Waals surface area contributed by atoms with E-state index in [0.29, 0.717) is 5.82 Å². The maximum absolute atomic E-state index is 4.73. The van der Waals surface area contributed by atoms with Crippen LogP contribution in [0.4, 0.5) is 5.69 Å². The molecular formula is C20H16N6S. The van der Waals surface area contributed by atoms with Gasteiger partial charge in [0, 0.05) is 30.7 Å². The first-order valence-corrected chi connectivity index (χ1v) is 9.37. The Morgan fingerprint density at radius 3 is 2.52 bits per heavy atom. The number of para-hydroxylation sites is 1. The third kappa shape index (κ3) is 2.72. The van der Waals surface area contributed by atoms with Gasteiger partial charge < -0.3 is 4.90 Å². The Bertz CT molecular complexity index is 1250. The molecule has 0 N–H and O–H groups in total. The van der Waals surface area contributed by atoms with E-state index in [4.69, 9.17) is 10.1 Å². The van der Waals surface area contributed by atoms with Crippen molar-refractivity contribution in [3.63, 3.8) is 0 Å². The molecule has 6 nitrogen and oxygen atoms in total. The van der Waals surface area contributed by atoms with Gasteiger partial charge in [-0.05, 0) is 36.4 Å². The molecule has 0 fully saturated rings. The van der Waals surface area contributed by atoms with Gasteiger partial charge in [0.2, 0.25) is 10.8 Å². The molecule has 5 rings (SSSR count). The summed E-state index contributed by atoms with van der Waals surface area (Å²) < 4.78 is 1.77. The molecule has 27 heavy (non-hydrogen) atoms. The molecule has 0 saturated heterocycles. The molecule has 0 saturated carbocycles. The van der Waals surface area contributed by atoms with Crippen LogP contribution in [0.5, 0.6) is 0 Å². The van der Waals surface area contributed by atoms with E-state index < -0.39 is 0 Å². The number of aromatic nitrogens is 5. The number of benzene rings is 2. The van der Waals surface area contributed by atoms with Crippen LogP contribution in [-0.4, -0.2) is 38.9 Å². The Hall–Kier alpha value is -3.32. The molecule has 7 heteroatoms. The minimum Gasteiger partial charge on any atom is -0.378 e. The first-order valence-electron chi connectivity index (χ1n) is 8.55. The summed E-state index contributed by atoms with van der Waals surface area (Å²) in [6, 6.07) is 20.4. The fourth-order valence-electron chi connectivity index (χ4n) is 2.99. The van der Waals surface area contributed by atoms with Gasteiger partial charge in [0.1, 0.15) is 10.7 Å². The van der Waals surface area contributed by atoms with E-state index in [-0.39, 0.29) is 0 Å². The number of hydrogen-bond donors (Lipinski definition) is 0. The van der Waals surface area contributed by atoms with Crippen molar-refractivity contribution in [2.75, 3.05) is 19.0 Å². The Morgan fingerprint density at radius 2 is 1.70 bits per heavy atom. The Balaban J connectivity index is 1.58. The highest BCUT2D eigenvalue weighted by molar-refractivity contribution is 7.19. The van der Waals surface area contributed by atoms with Crippen molar-refractivity contribution in [2.45, 2.75) is 0 Å². The van der Waals surface area contributed by atoms with Crippen LogP contribution < -0.4 is 4.90 Å². The van der Waals surface area contributed by atoms with E-state index in [0.717, 1.165) is 37.8 Å². The van der Waals surface area contributed by atoms with Gasteiger partial charge in [-0.2, -0.15) is 9.61 Å². The average Bonchev–Trinajstić information content (AvgIpc) is 3.28. The van der Waals surface area contributed by atoms with Crippen LogP contribution in [0.3, 0.4) is 0 Å². The molecule has 2 aromatic carbocycles. The molecule has 0 unspecified atom stereocenters. The maximum Gasteiger partial charge on any atom is 0.235 e. The van der Waals surface area contributed by atoms with Gasteiger partial charge in [-0.25, -0.2) is 4.98 Å². The second-order valence-corrected chi connectivity index (χ2v) is 7.41. The molecule has 0 spiro atoms. The normalized spacial score (nSPS) is 11.3. The smallest absolute Gasteiger partial charge is 0.235 e. The molecule has 3 aromatic heterocycles. The molecule has 132 valence electrons. The third-order valence-corrected chi connectivity index (χ3v) is 5.40. The lowest BCUT2D eigenvalue weighted by Crippen LogP contribution is -2.07. The van der Waals surface area contributed by atoms with Crippen LogP contribution in [0.1, 0.15) is 0 Å². The molecule has 0 aliphatic heterocycles. The predicted octanol–water partition coefficient (Wildman–Crippen LogP) is 4.13. The first kappa shape index (κ1) is 15.9. The van der Waals surface area contributed by atoms with E-state index in [2.05, 4.69) is 39.4 Å². The standard InChI is InChI=1S/C20H16N6S/c1-25(2)15-10-7-14(8-11-15)19-24-26-18(22-23-20(26)27-19)17-12-9-13-5-3-4-6-16(13)21-17/h3-12H,1-2H3. The minimum absolute atomic E-state index is 0.656. The number of rotatable bonds is 3. The highest BCUT2D eigenvalue weighted by Crippen LogP contribution is 2.29. The minimum atomic E-state index is 0.656. The van der Waals surface area contributed by atoms with Crippen LogP contribution in [-0.2, 0) is 0 Å². The van der Waals surface area contributed by atoms with Crippen molar-refractivity contribution < 1.29 is 0 Å². The van der Waals surface area contributed by atoms with E-state index >= 15 is 0 Å². The number of fused-ring (bicyclic) bond motifs is 2. The van der Waals surface area contributed by atoms with Crippen LogP contribution in [0, 0.1) is 0 Å². The monoisotopic (exact) mass is 372 g/mol. The summed E-state index contributed by atoms with van der Waals surface area (Å²) in [5.41, 5.74) is 3.92. The van der Waals surface area contributed by atoms with Crippen molar-refractivity contribution in [1.82, 2.24) is 24.8 Å². The van der Waals surface area contributed by atoms with Gasteiger partial charge in [-0.1, -0.05) is 35.6 Å². The summed E-state index contributed by atoms with van der Waals surface area (Å²) in [5.74, 6) is 0.656.